The number of carbonyl (C=O) groups is 2. The Balaban J connectivity index is 2.25. The van der Waals surface area contributed by atoms with Crippen LogP contribution in [-0.4, -0.2) is 30.0 Å². The first-order chi connectivity index (χ1) is 8.63. The van der Waals surface area contributed by atoms with Crippen molar-refractivity contribution in [1.29, 1.82) is 0 Å². The fourth-order valence-corrected chi connectivity index (χ4v) is 1.27. The lowest BCUT2D eigenvalue weighted by Gasteiger charge is -2.04. The quantitative estimate of drug-likeness (QED) is 0.613. The molecule has 0 saturated carbocycles. The number of nitrogens with zero attached hydrogens (tertiary/aromatic N) is 1. The van der Waals surface area contributed by atoms with Crippen LogP contribution < -0.4 is 5.32 Å². The highest BCUT2D eigenvalue weighted by atomic mass is 19.1. The van der Waals surface area contributed by atoms with E-state index in [2.05, 4.69) is 10.3 Å². The zero-order chi connectivity index (χ0) is 13.4. The minimum Gasteiger partial charge on any atom is -0.466 e. The van der Waals surface area contributed by atoms with Crippen molar-refractivity contribution in [3.8, 4) is 0 Å². The third kappa shape index (κ3) is 4.90. The Morgan fingerprint density at radius 2 is 2.22 bits per heavy atom. The number of rotatable bonds is 6. The Hall–Kier alpha value is -1.98. The van der Waals surface area contributed by atoms with E-state index in [1.165, 1.54) is 12.1 Å². The first-order valence-corrected chi connectivity index (χ1v) is 5.69. The summed E-state index contributed by atoms with van der Waals surface area (Å²) in [6.45, 7) is 2.43. The smallest absolute Gasteiger partial charge is 0.305 e. The third-order valence-electron chi connectivity index (χ3n) is 2.11. The molecule has 1 aromatic heterocycles. The number of halogens is 1. The van der Waals surface area contributed by atoms with Crippen molar-refractivity contribution >= 4 is 11.9 Å². The number of carbonyl (C=O) groups excluding carboxylic acids is 2. The van der Waals surface area contributed by atoms with E-state index in [1.54, 1.807) is 6.92 Å². The maximum absolute atomic E-state index is 12.6. The molecule has 0 aromatic carbocycles. The molecule has 0 fully saturated rings. The van der Waals surface area contributed by atoms with Crippen LogP contribution in [0, 0.1) is 5.82 Å². The molecule has 0 unspecified atom stereocenters. The molecule has 5 nitrogen and oxygen atoms in total. The van der Waals surface area contributed by atoms with Gasteiger partial charge >= 0.3 is 5.97 Å². The lowest BCUT2D eigenvalue weighted by atomic mass is 10.3. The van der Waals surface area contributed by atoms with Gasteiger partial charge in [0, 0.05) is 13.0 Å². The predicted octanol–water partition coefficient (Wildman–Crippen LogP) is 1.29. The molecule has 1 heterocycles. The van der Waals surface area contributed by atoms with Gasteiger partial charge in [-0.05, 0) is 25.5 Å². The van der Waals surface area contributed by atoms with E-state index in [0.717, 1.165) is 6.20 Å². The van der Waals surface area contributed by atoms with Gasteiger partial charge in [-0.3, -0.25) is 9.59 Å². The summed E-state index contributed by atoms with van der Waals surface area (Å²) >= 11 is 0. The number of esters is 1. The van der Waals surface area contributed by atoms with E-state index >= 15 is 0 Å². The summed E-state index contributed by atoms with van der Waals surface area (Å²) in [6, 6.07) is 2.47. The second kappa shape index (κ2) is 7.37. The van der Waals surface area contributed by atoms with E-state index in [1.807, 2.05) is 0 Å². The van der Waals surface area contributed by atoms with Gasteiger partial charge in [0.05, 0.1) is 12.8 Å². The molecule has 98 valence electrons. The van der Waals surface area contributed by atoms with E-state index < -0.39 is 5.82 Å². The molecule has 1 aromatic rings. The number of pyridine rings is 1. The molecule has 0 aliphatic heterocycles. The van der Waals surface area contributed by atoms with Gasteiger partial charge < -0.3 is 10.1 Å². The maximum atomic E-state index is 12.6. The average molecular weight is 254 g/mol. The SMILES string of the molecule is CCOC(=O)CCCNC(=O)c1ccc(F)cn1. The average Bonchev–Trinajstić information content (AvgIpc) is 2.35. The summed E-state index contributed by atoms with van der Waals surface area (Å²) in [4.78, 5) is 26.2. The Bertz CT molecular complexity index is 406. The van der Waals surface area contributed by atoms with E-state index in [4.69, 9.17) is 4.74 Å². The van der Waals surface area contributed by atoms with Crippen LogP contribution in [0.4, 0.5) is 4.39 Å². The van der Waals surface area contributed by atoms with Crippen molar-refractivity contribution in [2.75, 3.05) is 13.2 Å². The van der Waals surface area contributed by atoms with Crippen LogP contribution in [0.25, 0.3) is 0 Å². The van der Waals surface area contributed by atoms with E-state index in [0.29, 0.717) is 19.6 Å². The zero-order valence-corrected chi connectivity index (χ0v) is 10.1. The standard InChI is InChI=1S/C12H15FN2O3/c1-2-18-11(16)4-3-7-14-12(17)10-6-5-9(13)8-15-10/h5-6,8H,2-4,7H2,1H3,(H,14,17). The first-order valence-electron chi connectivity index (χ1n) is 5.69. The topological polar surface area (TPSA) is 68.3 Å². The molecule has 0 spiro atoms. The molecular formula is C12H15FN2O3. The summed E-state index contributed by atoms with van der Waals surface area (Å²) < 4.78 is 17.3. The molecule has 0 atom stereocenters. The minimum atomic E-state index is -0.492. The lowest BCUT2D eigenvalue weighted by molar-refractivity contribution is -0.143. The minimum absolute atomic E-state index is 0.146. The van der Waals surface area contributed by atoms with E-state index in [9.17, 15) is 14.0 Å². The van der Waals surface area contributed by atoms with Crippen LogP contribution >= 0.6 is 0 Å². The van der Waals surface area contributed by atoms with Gasteiger partial charge in [0.2, 0.25) is 0 Å². The summed E-state index contributed by atoms with van der Waals surface area (Å²) in [7, 11) is 0. The number of nitrogens with one attached hydrogen (secondary N) is 1. The highest BCUT2D eigenvalue weighted by molar-refractivity contribution is 5.92. The van der Waals surface area contributed by atoms with Gasteiger partial charge in [0.1, 0.15) is 11.5 Å². The lowest BCUT2D eigenvalue weighted by Crippen LogP contribution is -2.25. The number of ether oxygens (including phenoxy) is 1. The van der Waals surface area contributed by atoms with Crippen LogP contribution in [0.2, 0.25) is 0 Å². The normalized spacial score (nSPS) is 9.89. The van der Waals surface area contributed by atoms with Crippen molar-refractivity contribution in [3.05, 3.63) is 29.8 Å². The van der Waals surface area contributed by atoms with Gasteiger partial charge in [-0.15, -0.1) is 0 Å². The first kappa shape index (κ1) is 14.1. The summed E-state index contributed by atoms with van der Waals surface area (Å²) in [5.41, 5.74) is 0.146. The molecule has 0 saturated heterocycles. The van der Waals surface area contributed by atoms with Crippen molar-refractivity contribution in [2.24, 2.45) is 0 Å². The van der Waals surface area contributed by atoms with Crippen molar-refractivity contribution in [3.63, 3.8) is 0 Å². The zero-order valence-electron chi connectivity index (χ0n) is 10.1. The maximum Gasteiger partial charge on any atom is 0.305 e. The summed E-state index contributed by atoms with van der Waals surface area (Å²) in [6.07, 6.45) is 1.73. The molecular weight excluding hydrogens is 239 g/mol. The highest BCUT2D eigenvalue weighted by Crippen LogP contribution is 1.98. The Morgan fingerprint density at radius 3 is 2.83 bits per heavy atom. The monoisotopic (exact) mass is 254 g/mol. The molecule has 6 heteroatoms. The number of hydrogen-bond donors (Lipinski definition) is 1. The molecule has 18 heavy (non-hydrogen) atoms. The second-order valence-electron chi connectivity index (χ2n) is 3.53. The van der Waals surface area contributed by atoms with Crippen LogP contribution in [-0.2, 0) is 9.53 Å². The van der Waals surface area contributed by atoms with Crippen LogP contribution in [0.5, 0.6) is 0 Å². The van der Waals surface area contributed by atoms with E-state index in [-0.39, 0.29) is 24.0 Å². The predicted molar refractivity (Wildman–Crippen MR) is 62.4 cm³/mol. The van der Waals surface area contributed by atoms with Gasteiger partial charge in [-0.25, -0.2) is 9.37 Å². The largest absolute Gasteiger partial charge is 0.466 e. The van der Waals surface area contributed by atoms with Gasteiger partial charge in [0.25, 0.3) is 5.91 Å². The van der Waals surface area contributed by atoms with Crippen molar-refractivity contribution in [2.45, 2.75) is 19.8 Å². The van der Waals surface area contributed by atoms with Gasteiger partial charge in [-0.2, -0.15) is 0 Å². The number of aromatic nitrogens is 1. The summed E-state index contributed by atoms with van der Waals surface area (Å²) in [5, 5.41) is 2.58. The Morgan fingerprint density at radius 1 is 1.44 bits per heavy atom. The third-order valence-corrected chi connectivity index (χ3v) is 2.11. The molecule has 0 bridgehead atoms. The summed E-state index contributed by atoms with van der Waals surface area (Å²) in [5.74, 6) is -1.17. The Labute approximate surface area is 104 Å². The number of amides is 1. The van der Waals surface area contributed by atoms with Crippen LogP contribution in [0.1, 0.15) is 30.3 Å². The molecule has 0 aliphatic carbocycles. The number of hydrogen-bond acceptors (Lipinski definition) is 4. The van der Waals surface area contributed by atoms with Gasteiger partial charge in [0.15, 0.2) is 0 Å². The molecule has 0 aliphatic rings. The second-order valence-corrected chi connectivity index (χ2v) is 3.53. The van der Waals surface area contributed by atoms with Crippen molar-refractivity contribution in [1.82, 2.24) is 10.3 Å². The fourth-order valence-electron chi connectivity index (χ4n) is 1.27. The van der Waals surface area contributed by atoms with Gasteiger partial charge in [-0.1, -0.05) is 0 Å². The molecule has 1 amide bonds. The fraction of sp³-hybridized carbons (Fsp3) is 0.417. The van der Waals surface area contributed by atoms with Crippen LogP contribution in [0.15, 0.2) is 18.3 Å². The Kier molecular flexibility index (Phi) is 5.76. The molecule has 0 radical (unpaired) electrons. The highest BCUT2D eigenvalue weighted by Gasteiger charge is 2.07. The molecule has 1 N–H and O–H groups in total. The van der Waals surface area contributed by atoms with Crippen molar-refractivity contribution < 1.29 is 18.7 Å². The molecule has 1 rings (SSSR count). The van der Waals surface area contributed by atoms with Crippen LogP contribution in [0.3, 0.4) is 0 Å².